The average molecular weight is 354 g/mol. The van der Waals surface area contributed by atoms with E-state index >= 15 is 0 Å². The Morgan fingerprint density at radius 3 is 2.65 bits per heavy atom. The molecule has 1 amide bonds. The lowest BCUT2D eigenvalue weighted by molar-refractivity contribution is -0.313. The number of aliphatic carboxylic acids is 1. The molecule has 3 aliphatic heterocycles. The van der Waals surface area contributed by atoms with Gasteiger partial charge in [-0.05, 0) is 37.6 Å². The van der Waals surface area contributed by atoms with Crippen LogP contribution in [0.3, 0.4) is 0 Å². The van der Waals surface area contributed by atoms with Crippen LogP contribution in [-0.4, -0.2) is 36.7 Å². The highest BCUT2D eigenvalue weighted by Gasteiger charge is 2.69. The van der Waals surface area contributed by atoms with Gasteiger partial charge in [0.2, 0.25) is 5.91 Å². The van der Waals surface area contributed by atoms with Gasteiger partial charge in [-0.3, -0.25) is 4.79 Å². The summed E-state index contributed by atoms with van der Waals surface area (Å²) < 4.78 is 11.3. The van der Waals surface area contributed by atoms with E-state index in [1.165, 1.54) is 0 Å². The van der Waals surface area contributed by atoms with Gasteiger partial charge in [-0.1, -0.05) is 17.7 Å². The zero-order chi connectivity index (χ0) is 18.6. The van der Waals surface area contributed by atoms with Gasteiger partial charge in [0.05, 0.1) is 25.2 Å². The molecule has 0 N–H and O–H groups in total. The van der Waals surface area contributed by atoms with Crippen LogP contribution in [0.25, 0.3) is 0 Å². The van der Waals surface area contributed by atoms with Gasteiger partial charge in [0.25, 0.3) is 0 Å². The highest BCUT2D eigenvalue weighted by atomic mass is 16.5. The number of carboxylic acid groups (broad SMARTS) is 1. The van der Waals surface area contributed by atoms with E-state index < -0.39 is 29.5 Å². The number of nitrogens with zero attached hydrogens (tertiary/aromatic N) is 1. The summed E-state index contributed by atoms with van der Waals surface area (Å²) in [5, 5.41) is 11.7. The van der Waals surface area contributed by atoms with Gasteiger partial charge in [0.1, 0.15) is 11.4 Å². The van der Waals surface area contributed by atoms with Crippen LogP contribution in [0.4, 0.5) is 5.69 Å². The number of ether oxygens (including phenoxy) is 2. The van der Waals surface area contributed by atoms with Gasteiger partial charge >= 0.3 is 0 Å². The lowest BCUT2D eigenvalue weighted by Crippen LogP contribution is -2.46. The van der Waals surface area contributed by atoms with Crippen molar-refractivity contribution in [3.63, 3.8) is 0 Å². The van der Waals surface area contributed by atoms with Crippen LogP contribution < -0.4 is 14.7 Å². The highest BCUT2D eigenvalue weighted by molar-refractivity contribution is 6.03. The standard InChI is InChI=1S/C20H21NO5/c1-11(2)10-15-20-9-8-14(26-20)16(19(23)24)17(20)18(22)21(15)12-4-6-13(25-3)7-5-12/h4-9,14-17H,1,10H2,2-3H3,(H,23,24)/p-1/t14-,15-,16+,17+,20+/m0/s1. The summed E-state index contributed by atoms with van der Waals surface area (Å²) >= 11 is 0. The van der Waals surface area contributed by atoms with E-state index in [-0.39, 0.29) is 11.9 Å². The molecule has 1 aromatic rings. The number of carbonyl (C=O) groups excluding carboxylic acids is 2. The normalized spacial score (nSPS) is 34.2. The fourth-order valence-electron chi connectivity index (χ4n) is 4.55. The first kappa shape index (κ1) is 16.8. The van der Waals surface area contributed by atoms with Crippen molar-refractivity contribution < 1.29 is 24.2 Å². The van der Waals surface area contributed by atoms with Crippen LogP contribution in [-0.2, 0) is 14.3 Å². The predicted molar refractivity (Wildman–Crippen MR) is 92.4 cm³/mol. The smallest absolute Gasteiger partial charge is 0.234 e. The number of benzene rings is 1. The molecule has 6 heteroatoms. The lowest BCUT2D eigenvalue weighted by atomic mass is 9.74. The molecule has 0 unspecified atom stereocenters. The second-order valence-corrected chi connectivity index (χ2v) is 7.20. The molecule has 6 nitrogen and oxygen atoms in total. The molecule has 0 aromatic heterocycles. The van der Waals surface area contributed by atoms with Crippen LogP contribution in [0.1, 0.15) is 13.3 Å². The number of rotatable bonds is 5. The van der Waals surface area contributed by atoms with Crippen molar-refractivity contribution >= 4 is 17.6 Å². The number of hydrogen-bond acceptors (Lipinski definition) is 5. The number of carbonyl (C=O) groups is 2. The number of amides is 1. The van der Waals surface area contributed by atoms with Gasteiger partial charge in [-0.25, -0.2) is 0 Å². The minimum Gasteiger partial charge on any atom is -0.550 e. The molecule has 26 heavy (non-hydrogen) atoms. The molecule has 4 rings (SSSR count). The van der Waals surface area contributed by atoms with Crippen molar-refractivity contribution in [1.29, 1.82) is 0 Å². The third kappa shape index (κ3) is 2.15. The molecule has 0 saturated carbocycles. The van der Waals surface area contributed by atoms with Crippen molar-refractivity contribution in [1.82, 2.24) is 0 Å². The number of carboxylic acids is 1. The van der Waals surface area contributed by atoms with E-state index in [1.807, 2.05) is 13.0 Å². The third-order valence-electron chi connectivity index (χ3n) is 5.59. The minimum atomic E-state index is -1.25. The first-order valence-electron chi connectivity index (χ1n) is 8.58. The Labute approximate surface area is 151 Å². The van der Waals surface area contributed by atoms with E-state index in [1.54, 1.807) is 42.4 Å². The maximum atomic E-state index is 13.3. The summed E-state index contributed by atoms with van der Waals surface area (Å²) in [6, 6.07) is 6.79. The van der Waals surface area contributed by atoms with Gasteiger partial charge < -0.3 is 24.3 Å². The molecule has 0 aliphatic carbocycles. The Kier molecular flexibility index (Phi) is 3.70. The Balaban J connectivity index is 1.81. The first-order chi connectivity index (χ1) is 12.4. The molecule has 3 aliphatic rings. The van der Waals surface area contributed by atoms with Gasteiger partial charge in [0.15, 0.2) is 0 Å². The minimum absolute atomic E-state index is 0.248. The third-order valence-corrected chi connectivity index (χ3v) is 5.59. The van der Waals surface area contributed by atoms with Gasteiger partial charge in [-0.15, -0.1) is 6.58 Å². The maximum Gasteiger partial charge on any atom is 0.234 e. The quantitative estimate of drug-likeness (QED) is 0.739. The number of methoxy groups -OCH3 is 1. The molecule has 5 atom stereocenters. The summed E-state index contributed by atoms with van der Waals surface area (Å²) in [6.45, 7) is 5.87. The van der Waals surface area contributed by atoms with Gasteiger partial charge in [0, 0.05) is 17.6 Å². The topological polar surface area (TPSA) is 78.9 Å². The molecule has 2 fully saturated rings. The summed E-state index contributed by atoms with van der Waals surface area (Å²) in [4.78, 5) is 26.6. The zero-order valence-electron chi connectivity index (χ0n) is 14.7. The Bertz CT molecular complexity index is 814. The second kappa shape index (κ2) is 5.71. The van der Waals surface area contributed by atoms with Crippen molar-refractivity contribution in [3.8, 4) is 5.75 Å². The largest absolute Gasteiger partial charge is 0.550 e. The zero-order valence-corrected chi connectivity index (χ0v) is 14.7. The van der Waals surface area contributed by atoms with E-state index in [0.717, 1.165) is 5.57 Å². The Morgan fingerprint density at radius 1 is 1.38 bits per heavy atom. The van der Waals surface area contributed by atoms with Crippen LogP contribution in [0, 0.1) is 11.8 Å². The average Bonchev–Trinajstić information content (AvgIpc) is 3.24. The molecule has 0 radical (unpaired) electrons. The lowest BCUT2D eigenvalue weighted by Gasteiger charge is -2.33. The maximum absolute atomic E-state index is 13.3. The molecule has 136 valence electrons. The number of fused-ring (bicyclic) bond motifs is 1. The van der Waals surface area contributed by atoms with E-state index in [0.29, 0.717) is 17.9 Å². The Morgan fingerprint density at radius 2 is 2.08 bits per heavy atom. The van der Waals surface area contributed by atoms with Crippen molar-refractivity contribution in [3.05, 3.63) is 48.6 Å². The summed E-state index contributed by atoms with van der Waals surface area (Å²) in [5.74, 6) is -2.56. The molecule has 3 heterocycles. The highest BCUT2D eigenvalue weighted by Crippen LogP contribution is 2.56. The molecule has 1 spiro atoms. The summed E-state index contributed by atoms with van der Waals surface area (Å²) in [6.07, 6.45) is 3.51. The molecule has 2 saturated heterocycles. The predicted octanol–water partition coefficient (Wildman–Crippen LogP) is 1.07. The second-order valence-electron chi connectivity index (χ2n) is 7.20. The van der Waals surface area contributed by atoms with Crippen LogP contribution in [0.2, 0.25) is 0 Å². The SMILES string of the molecule is C=C(C)C[C@@H]1N(c2ccc(OC)cc2)C(=O)[C@H]2[C@H](C(=O)[O-])[C@@H]3C=C[C@@]12O3. The Hall–Kier alpha value is -2.60. The molecule has 1 aromatic carbocycles. The van der Waals surface area contributed by atoms with Crippen LogP contribution >= 0.6 is 0 Å². The molecular weight excluding hydrogens is 334 g/mol. The summed E-state index contributed by atoms with van der Waals surface area (Å²) in [5.41, 5.74) is 0.628. The van der Waals surface area contributed by atoms with Crippen molar-refractivity contribution in [2.75, 3.05) is 12.0 Å². The molecular formula is C20H20NO5-. The van der Waals surface area contributed by atoms with Crippen molar-refractivity contribution in [2.24, 2.45) is 11.8 Å². The fourth-order valence-corrected chi connectivity index (χ4v) is 4.55. The number of anilines is 1. The van der Waals surface area contributed by atoms with Crippen LogP contribution in [0.15, 0.2) is 48.6 Å². The number of hydrogen-bond donors (Lipinski definition) is 0. The first-order valence-corrected chi connectivity index (χ1v) is 8.58. The summed E-state index contributed by atoms with van der Waals surface area (Å²) in [7, 11) is 1.57. The monoisotopic (exact) mass is 354 g/mol. The van der Waals surface area contributed by atoms with Gasteiger partial charge in [-0.2, -0.15) is 0 Å². The van der Waals surface area contributed by atoms with E-state index in [4.69, 9.17) is 9.47 Å². The van der Waals surface area contributed by atoms with Crippen LogP contribution in [0.5, 0.6) is 5.75 Å². The van der Waals surface area contributed by atoms with E-state index in [9.17, 15) is 14.7 Å². The van der Waals surface area contributed by atoms with E-state index in [2.05, 4.69) is 6.58 Å². The molecule has 2 bridgehead atoms. The fraction of sp³-hybridized carbons (Fsp3) is 0.400. The van der Waals surface area contributed by atoms with Crippen molar-refractivity contribution in [2.45, 2.75) is 31.1 Å².